The van der Waals surface area contributed by atoms with Crippen molar-refractivity contribution in [1.82, 2.24) is 5.32 Å². The summed E-state index contributed by atoms with van der Waals surface area (Å²) >= 11 is 0. The average Bonchev–Trinajstić information content (AvgIpc) is 2.17. The van der Waals surface area contributed by atoms with Crippen LogP contribution >= 0.6 is 0 Å². The van der Waals surface area contributed by atoms with Crippen LogP contribution in [0, 0.1) is 0 Å². The Hall–Kier alpha value is -1.55. The molecule has 4 nitrogen and oxygen atoms in total. The predicted molar refractivity (Wildman–Crippen MR) is 61.4 cm³/mol. The number of amides is 1. The molecule has 88 valence electrons. The zero-order valence-electron chi connectivity index (χ0n) is 9.73. The van der Waals surface area contributed by atoms with Crippen LogP contribution in [0.15, 0.2) is 30.3 Å². The Morgan fingerprint density at radius 1 is 1.38 bits per heavy atom. The number of para-hydroxylation sites is 1. The molecule has 0 fully saturated rings. The number of ether oxygens (including phenoxy) is 1. The average molecular weight is 223 g/mol. The van der Waals surface area contributed by atoms with Crippen molar-refractivity contribution in [3.8, 4) is 5.75 Å². The molecule has 1 aromatic rings. The van der Waals surface area contributed by atoms with Crippen LogP contribution in [0.4, 0.5) is 4.79 Å². The van der Waals surface area contributed by atoms with Gasteiger partial charge < -0.3 is 15.2 Å². The summed E-state index contributed by atoms with van der Waals surface area (Å²) in [6.45, 7) is 5.07. The van der Waals surface area contributed by atoms with Gasteiger partial charge in [0.05, 0.1) is 11.6 Å². The van der Waals surface area contributed by atoms with Crippen molar-refractivity contribution in [2.75, 3.05) is 0 Å². The zero-order valence-corrected chi connectivity index (χ0v) is 9.73. The van der Waals surface area contributed by atoms with Gasteiger partial charge in [0.15, 0.2) is 0 Å². The third kappa shape index (κ3) is 3.55. The zero-order chi connectivity index (χ0) is 12.2. The molecule has 1 rings (SSSR count). The normalized spacial score (nSPS) is 13.0. The molecule has 4 heteroatoms. The topological polar surface area (TPSA) is 58.6 Å². The number of carbonyl (C=O) groups is 1. The Labute approximate surface area is 95.2 Å². The molecule has 0 radical (unpaired) electrons. The van der Waals surface area contributed by atoms with Crippen molar-refractivity contribution in [2.24, 2.45) is 0 Å². The number of rotatable bonds is 3. The second-order valence-electron chi connectivity index (χ2n) is 4.23. The Morgan fingerprint density at radius 3 is 2.44 bits per heavy atom. The van der Waals surface area contributed by atoms with Gasteiger partial charge in [0.1, 0.15) is 5.75 Å². The largest absolute Gasteiger partial charge is 0.413 e. The molecule has 1 amide bonds. The van der Waals surface area contributed by atoms with Crippen LogP contribution in [0.1, 0.15) is 20.8 Å². The van der Waals surface area contributed by atoms with E-state index in [4.69, 9.17) is 4.74 Å². The first-order valence-electron chi connectivity index (χ1n) is 5.15. The molecular weight excluding hydrogens is 206 g/mol. The van der Waals surface area contributed by atoms with Gasteiger partial charge in [-0.2, -0.15) is 0 Å². The summed E-state index contributed by atoms with van der Waals surface area (Å²) in [5, 5.41) is 12.0. The van der Waals surface area contributed by atoms with Gasteiger partial charge in [-0.25, -0.2) is 4.79 Å². The van der Waals surface area contributed by atoms with E-state index in [1.54, 1.807) is 45.0 Å². The lowest BCUT2D eigenvalue weighted by atomic mass is 9.99. The molecular formula is C12H17NO3. The van der Waals surface area contributed by atoms with E-state index in [2.05, 4.69) is 5.32 Å². The molecule has 1 atom stereocenters. The molecule has 1 aromatic carbocycles. The van der Waals surface area contributed by atoms with Crippen LogP contribution in [-0.4, -0.2) is 22.8 Å². The molecule has 0 aliphatic rings. The van der Waals surface area contributed by atoms with Crippen LogP contribution in [0.3, 0.4) is 0 Å². The third-order valence-electron chi connectivity index (χ3n) is 2.42. The smallest absolute Gasteiger partial charge is 0.410 e. The van der Waals surface area contributed by atoms with E-state index in [9.17, 15) is 9.90 Å². The minimum Gasteiger partial charge on any atom is -0.410 e. The van der Waals surface area contributed by atoms with E-state index in [1.807, 2.05) is 6.07 Å². The van der Waals surface area contributed by atoms with Gasteiger partial charge in [-0.15, -0.1) is 0 Å². The molecule has 0 saturated carbocycles. The highest BCUT2D eigenvalue weighted by Gasteiger charge is 2.26. The van der Waals surface area contributed by atoms with Crippen LogP contribution in [0.25, 0.3) is 0 Å². The predicted octanol–water partition coefficient (Wildman–Crippen LogP) is 1.93. The second kappa shape index (κ2) is 4.99. The van der Waals surface area contributed by atoms with Gasteiger partial charge in [-0.1, -0.05) is 18.2 Å². The van der Waals surface area contributed by atoms with Gasteiger partial charge in [-0.3, -0.25) is 0 Å². The minimum absolute atomic E-state index is 0.474. The standard InChI is InChI=1S/C12H17NO3/c1-9(14)12(2,3)13-11(15)16-10-7-5-4-6-8-10/h4-9,14H,1-3H3,(H,13,15). The van der Waals surface area contributed by atoms with E-state index >= 15 is 0 Å². The lowest BCUT2D eigenvalue weighted by Crippen LogP contribution is -2.51. The van der Waals surface area contributed by atoms with Crippen LogP contribution in [-0.2, 0) is 0 Å². The fourth-order valence-electron chi connectivity index (χ4n) is 0.989. The highest BCUT2D eigenvalue weighted by molar-refractivity contribution is 5.71. The molecule has 0 aliphatic carbocycles. The summed E-state index contributed by atoms with van der Waals surface area (Å²) in [6, 6.07) is 8.78. The molecule has 16 heavy (non-hydrogen) atoms. The van der Waals surface area contributed by atoms with Crippen LogP contribution in [0.5, 0.6) is 5.75 Å². The Balaban J connectivity index is 2.55. The molecule has 0 aliphatic heterocycles. The number of aliphatic hydroxyl groups is 1. The van der Waals surface area contributed by atoms with Crippen molar-refractivity contribution < 1.29 is 14.6 Å². The number of carbonyl (C=O) groups excluding carboxylic acids is 1. The Kier molecular flexibility index (Phi) is 3.90. The number of hydrogen-bond acceptors (Lipinski definition) is 3. The molecule has 0 saturated heterocycles. The molecule has 1 unspecified atom stereocenters. The SMILES string of the molecule is CC(O)C(C)(C)NC(=O)Oc1ccccc1. The maximum absolute atomic E-state index is 11.5. The first-order chi connectivity index (χ1) is 7.42. The monoisotopic (exact) mass is 223 g/mol. The Bertz CT molecular complexity index is 347. The second-order valence-corrected chi connectivity index (χ2v) is 4.23. The van der Waals surface area contributed by atoms with Crippen molar-refractivity contribution >= 4 is 6.09 Å². The van der Waals surface area contributed by atoms with Gasteiger partial charge in [0.2, 0.25) is 0 Å². The number of nitrogens with one attached hydrogen (secondary N) is 1. The number of benzene rings is 1. The lowest BCUT2D eigenvalue weighted by Gasteiger charge is -2.28. The van der Waals surface area contributed by atoms with Gasteiger partial charge >= 0.3 is 6.09 Å². The van der Waals surface area contributed by atoms with E-state index in [1.165, 1.54) is 0 Å². The highest BCUT2D eigenvalue weighted by Crippen LogP contribution is 2.11. The minimum atomic E-state index is -0.716. The molecule has 0 bridgehead atoms. The van der Waals surface area contributed by atoms with Crippen molar-refractivity contribution in [1.29, 1.82) is 0 Å². The number of aliphatic hydroxyl groups excluding tert-OH is 1. The third-order valence-corrected chi connectivity index (χ3v) is 2.42. The number of hydrogen-bond donors (Lipinski definition) is 2. The first-order valence-corrected chi connectivity index (χ1v) is 5.15. The molecule has 0 heterocycles. The molecule has 0 aromatic heterocycles. The van der Waals surface area contributed by atoms with Crippen LogP contribution < -0.4 is 10.1 Å². The first kappa shape index (κ1) is 12.5. The lowest BCUT2D eigenvalue weighted by molar-refractivity contribution is 0.0938. The Morgan fingerprint density at radius 2 is 1.94 bits per heavy atom. The van der Waals surface area contributed by atoms with Crippen molar-refractivity contribution in [2.45, 2.75) is 32.4 Å². The van der Waals surface area contributed by atoms with Crippen LogP contribution in [0.2, 0.25) is 0 Å². The summed E-state index contributed by atoms with van der Waals surface area (Å²) in [6.07, 6.45) is -1.23. The highest BCUT2D eigenvalue weighted by atomic mass is 16.6. The van der Waals surface area contributed by atoms with Gasteiger partial charge in [0, 0.05) is 0 Å². The summed E-state index contributed by atoms with van der Waals surface area (Å²) in [5.74, 6) is 0.474. The van der Waals surface area contributed by atoms with Gasteiger partial charge in [-0.05, 0) is 32.9 Å². The summed E-state index contributed by atoms with van der Waals surface area (Å²) in [7, 11) is 0. The molecule has 2 N–H and O–H groups in total. The van der Waals surface area contributed by atoms with E-state index in [-0.39, 0.29) is 0 Å². The summed E-state index contributed by atoms with van der Waals surface area (Å²) in [5.41, 5.74) is -0.716. The maximum atomic E-state index is 11.5. The van der Waals surface area contributed by atoms with Crippen molar-refractivity contribution in [3.05, 3.63) is 30.3 Å². The van der Waals surface area contributed by atoms with E-state index in [0.717, 1.165) is 0 Å². The maximum Gasteiger partial charge on any atom is 0.413 e. The van der Waals surface area contributed by atoms with Crippen molar-refractivity contribution in [3.63, 3.8) is 0 Å². The van der Waals surface area contributed by atoms with E-state index < -0.39 is 17.7 Å². The quantitative estimate of drug-likeness (QED) is 0.823. The fraction of sp³-hybridized carbons (Fsp3) is 0.417. The summed E-state index contributed by atoms with van der Waals surface area (Å²) < 4.78 is 5.04. The molecule has 0 spiro atoms. The van der Waals surface area contributed by atoms with Gasteiger partial charge in [0.25, 0.3) is 0 Å². The van der Waals surface area contributed by atoms with E-state index in [0.29, 0.717) is 5.75 Å². The fourth-order valence-corrected chi connectivity index (χ4v) is 0.989. The summed E-state index contributed by atoms with van der Waals surface area (Å²) in [4.78, 5) is 11.5.